The number of phenolic OH excluding ortho intramolecular Hbond substituents is 1. The van der Waals surface area contributed by atoms with Gasteiger partial charge in [0.25, 0.3) is 5.91 Å². The Balaban J connectivity index is 1.97. The summed E-state index contributed by atoms with van der Waals surface area (Å²) in [5, 5.41) is 12.3. The van der Waals surface area contributed by atoms with Crippen LogP contribution in [0.2, 0.25) is 0 Å². The van der Waals surface area contributed by atoms with Crippen LogP contribution in [0.3, 0.4) is 0 Å². The lowest BCUT2D eigenvalue weighted by molar-refractivity contribution is -0.131. The molecule has 110 valence electrons. The number of aryl methyl sites for hydroxylation is 1. The van der Waals surface area contributed by atoms with Crippen molar-refractivity contribution in [2.75, 3.05) is 5.32 Å². The summed E-state index contributed by atoms with van der Waals surface area (Å²) in [5.74, 6) is 0.0999. The molecule has 0 aliphatic heterocycles. The van der Waals surface area contributed by atoms with E-state index >= 15 is 0 Å². The third kappa shape index (κ3) is 3.73. The molecule has 1 aromatic carbocycles. The minimum absolute atomic E-state index is 0.104. The van der Waals surface area contributed by atoms with E-state index in [4.69, 9.17) is 4.74 Å². The minimum atomic E-state index is -0.397. The molecule has 0 aromatic heterocycles. The standard InChI is InChI=1S/C16H23NO3/c1-3-15(20-13-6-4-5-7-13)16(19)17-14-9-8-12(18)10-11(14)2/h8-10,13,15,18H,3-7H2,1-2H3,(H,17,19)/t15-/m0/s1. The molecule has 0 unspecified atom stereocenters. The van der Waals surface area contributed by atoms with Crippen molar-refractivity contribution >= 4 is 11.6 Å². The number of hydrogen-bond acceptors (Lipinski definition) is 3. The Morgan fingerprint density at radius 3 is 2.75 bits per heavy atom. The lowest BCUT2D eigenvalue weighted by Gasteiger charge is -2.20. The molecule has 1 saturated carbocycles. The van der Waals surface area contributed by atoms with Crippen LogP contribution < -0.4 is 5.32 Å². The smallest absolute Gasteiger partial charge is 0.253 e. The largest absolute Gasteiger partial charge is 0.508 e. The van der Waals surface area contributed by atoms with Crippen LogP contribution in [0.4, 0.5) is 5.69 Å². The van der Waals surface area contributed by atoms with Crippen molar-refractivity contribution in [1.29, 1.82) is 0 Å². The molecule has 2 rings (SSSR count). The number of carbonyl (C=O) groups is 1. The maximum Gasteiger partial charge on any atom is 0.253 e. The number of ether oxygens (including phenoxy) is 1. The lowest BCUT2D eigenvalue weighted by Crippen LogP contribution is -2.33. The van der Waals surface area contributed by atoms with Crippen molar-refractivity contribution in [2.24, 2.45) is 0 Å². The zero-order chi connectivity index (χ0) is 14.5. The summed E-state index contributed by atoms with van der Waals surface area (Å²) in [4.78, 5) is 12.3. The van der Waals surface area contributed by atoms with Gasteiger partial charge in [0.15, 0.2) is 0 Å². The van der Waals surface area contributed by atoms with Crippen LogP contribution in [0.5, 0.6) is 5.75 Å². The van der Waals surface area contributed by atoms with Crippen LogP contribution in [0.25, 0.3) is 0 Å². The highest BCUT2D eigenvalue weighted by Crippen LogP contribution is 2.24. The third-order valence-corrected chi connectivity index (χ3v) is 3.79. The van der Waals surface area contributed by atoms with Crippen molar-refractivity contribution in [3.63, 3.8) is 0 Å². The summed E-state index contributed by atoms with van der Waals surface area (Å²) < 4.78 is 5.90. The molecule has 2 N–H and O–H groups in total. The van der Waals surface area contributed by atoms with Gasteiger partial charge in [0, 0.05) is 5.69 Å². The summed E-state index contributed by atoms with van der Waals surface area (Å²) in [6, 6.07) is 4.92. The molecular formula is C16H23NO3. The number of benzene rings is 1. The fourth-order valence-corrected chi connectivity index (χ4v) is 2.60. The predicted molar refractivity (Wildman–Crippen MR) is 78.9 cm³/mol. The van der Waals surface area contributed by atoms with Crippen molar-refractivity contribution in [3.8, 4) is 5.75 Å². The average Bonchev–Trinajstić information content (AvgIpc) is 2.92. The van der Waals surface area contributed by atoms with Gasteiger partial charge in [0.1, 0.15) is 11.9 Å². The topological polar surface area (TPSA) is 58.6 Å². The lowest BCUT2D eigenvalue weighted by atomic mass is 10.1. The highest BCUT2D eigenvalue weighted by Gasteiger charge is 2.24. The van der Waals surface area contributed by atoms with Gasteiger partial charge in [-0.1, -0.05) is 19.8 Å². The normalized spacial score (nSPS) is 17.1. The Labute approximate surface area is 120 Å². The van der Waals surface area contributed by atoms with E-state index in [1.807, 2.05) is 13.8 Å². The van der Waals surface area contributed by atoms with Gasteiger partial charge in [0.2, 0.25) is 0 Å². The van der Waals surface area contributed by atoms with E-state index in [0.717, 1.165) is 24.1 Å². The molecule has 4 heteroatoms. The second kappa shape index (κ2) is 6.75. The van der Waals surface area contributed by atoms with E-state index in [9.17, 15) is 9.90 Å². The second-order valence-corrected chi connectivity index (χ2v) is 5.43. The molecule has 4 nitrogen and oxygen atoms in total. The Morgan fingerprint density at radius 2 is 2.15 bits per heavy atom. The fourth-order valence-electron chi connectivity index (χ4n) is 2.60. The SMILES string of the molecule is CC[C@H](OC1CCCC1)C(=O)Nc1ccc(O)cc1C. The van der Waals surface area contributed by atoms with Gasteiger partial charge < -0.3 is 15.2 Å². The van der Waals surface area contributed by atoms with Crippen LogP contribution in [0.15, 0.2) is 18.2 Å². The molecule has 1 atom stereocenters. The number of nitrogens with one attached hydrogen (secondary N) is 1. The Morgan fingerprint density at radius 1 is 1.45 bits per heavy atom. The number of carbonyl (C=O) groups excluding carboxylic acids is 1. The van der Waals surface area contributed by atoms with Gasteiger partial charge in [-0.05, 0) is 49.9 Å². The average molecular weight is 277 g/mol. The summed E-state index contributed by atoms with van der Waals surface area (Å²) in [6.45, 7) is 3.82. The van der Waals surface area contributed by atoms with E-state index in [-0.39, 0.29) is 17.8 Å². The van der Waals surface area contributed by atoms with Crippen LogP contribution >= 0.6 is 0 Å². The number of amides is 1. The van der Waals surface area contributed by atoms with E-state index in [1.165, 1.54) is 12.8 Å². The van der Waals surface area contributed by atoms with Crippen molar-refractivity contribution < 1.29 is 14.6 Å². The third-order valence-electron chi connectivity index (χ3n) is 3.79. The molecule has 1 fully saturated rings. The van der Waals surface area contributed by atoms with E-state index < -0.39 is 6.10 Å². The van der Waals surface area contributed by atoms with Crippen LogP contribution in [-0.2, 0) is 9.53 Å². The van der Waals surface area contributed by atoms with E-state index in [2.05, 4.69) is 5.32 Å². The zero-order valence-corrected chi connectivity index (χ0v) is 12.2. The molecule has 0 radical (unpaired) electrons. The Kier molecular flexibility index (Phi) is 5.01. The molecule has 0 saturated heterocycles. The first-order valence-electron chi connectivity index (χ1n) is 7.36. The number of hydrogen-bond donors (Lipinski definition) is 2. The molecule has 0 heterocycles. The van der Waals surface area contributed by atoms with E-state index in [0.29, 0.717) is 6.42 Å². The molecule has 1 aliphatic rings. The van der Waals surface area contributed by atoms with Gasteiger partial charge >= 0.3 is 0 Å². The zero-order valence-electron chi connectivity index (χ0n) is 12.2. The summed E-state index contributed by atoms with van der Waals surface area (Å²) in [6.07, 6.45) is 5.00. The molecule has 0 bridgehead atoms. The van der Waals surface area contributed by atoms with Crippen LogP contribution in [0, 0.1) is 6.92 Å². The van der Waals surface area contributed by atoms with Crippen LogP contribution in [0.1, 0.15) is 44.6 Å². The van der Waals surface area contributed by atoms with Crippen molar-refractivity contribution in [3.05, 3.63) is 23.8 Å². The number of phenols is 1. The maximum absolute atomic E-state index is 12.3. The number of aromatic hydroxyl groups is 1. The Bertz CT molecular complexity index is 467. The molecular weight excluding hydrogens is 254 g/mol. The highest BCUT2D eigenvalue weighted by atomic mass is 16.5. The van der Waals surface area contributed by atoms with Gasteiger partial charge in [0.05, 0.1) is 6.10 Å². The number of anilines is 1. The second-order valence-electron chi connectivity index (χ2n) is 5.43. The van der Waals surface area contributed by atoms with Gasteiger partial charge in [-0.15, -0.1) is 0 Å². The predicted octanol–water partition coefficient (Wildman–Crippen LogP) is 3.38. The quantitative estimate of drug-likeness (QED) is 0.811. The van der Waals surface area contributed by atoms with Crippen molar-refractivity contribution in [1.82, 2.24) is 0 Å². The molecule has 0 spiro atoms. The van der Waals surface area contributed by atoms with Crippen LogP contribution in [-0.4, -0.2) is 23.2 Å². The van der Waals surface area contributed by atoms with Gasteiger partial charge in [-0.25, -0.2) is 0 Å². The number of rotatable bonds is 5. The maximum atomic E-state index is 12.3. The monoisotopic (exact) mass is 277 g/mol. The molecule has 20 heavy (non-hydrogen) atoms. The first-order valence-corrected chi connectivity index (χ1v) is 7.36. The molecule has 1 aromatic rings. The summed E-state index contributed by atoms with van der Waals surface area (Å²) in [7, 11) is 0. The first-order chi connectivity index (χ1) is 9.60. The highest BCUT2D eigenvalue weighted by molar-refractivity contribution is 5.94. The summed E-state index contributed by atoms with van der Waals surface area (Å²) in [5.41, 5.74) is 1.57. The fraction of sp³-hybridized carbons (Fsp3) is 0.562. The van der Waals surface area contributed by atoms with Gasteiger partial charge in [-0.3, -0.25) is 4.79 Å². The Hall–Kier alpha value is -1.55. The van der Waals surface area contributed by atoms with Gasteiger partial charge in [-0.2, -0.15) is 0 Å². The first kappa shape index (κ1) is 14.9. The molecule has 1 aliphatic carbocycles. The van der Waals surface area contributed by atoms with E-state index in [1.54, 1.807) is 18.2 Å². The molecule has 1 amide bonds. The summed E-state index contributed by atoms with van der Waals surface area (Å²) >= 11 is 0. The van der Waals surface area contributed by atoms with Crippen molar-refractivity contribution in [2.45, 2.75) is 58.2 Å². The minimum Gasteiger partial charge on any atom is -0.508 e.